The van der Waals surface area contributed by atoms with Gasteiger partial charge in [0.1, 0.15) is 11.9 Å². The lowest BCUT2D eigenvalue weighted by atomic mass is 9.80. The zero-order valence-corrected chi connectivity index (χ0v) is 31.0. The summed E-state index contributed by atoms with van der Waals surface area (Å²) in [5.74, 6) is 2.83. The van der Waals surface area contributed by atoms with Crippen LogP contribution in [0.2, 0.25) is 0 Å². The fraction of sp³-hybridized carbons (Fsp3) is 0.0962. The molecule has 1 aliphatic heterocycles. The van der Waals surface area contributed by atoms with Gasteiger partial charge >= 0.3 is 0 Å². The Morgan fingerprint density at radius 3 is 1.95 bits per heavy atom. The molecule has 0 spiro atoms. The van der Waals surface area contributed by atoms with Crippen LogP contribution in [0.4, 0.5) is 0 Å². The Bertz CT molecular complexity index is 3020. The van der Waals surface area contributed by atoms with Gasteiger partial charge in [-0.15, -0.1) is 0 Å². The maximum Gasteiger partial charge on any atom is 0.164 e. The molecule has 2 unspecified atom stereocenters. The smallest absolute Gasteiger partial charge is 0.164 e. The van der Waals surface area contributed by atoms with Crippen molar-refractivity contribution in [2.45, 2.75) is 31.3 Å². The van der Waals surface area contributed by atoms with Crippen LogP contribution in [0.15, 0.2) is 164 Å². The predicted octanol–water partition coefficient (Wildman–Crippen LogP) is 12.5. The highest BCUT2D eigenvalue weighted by atomic mass is 16.5. The lowest BCUT2D eigenvalue weighted by Crippen LogP contribution is -2.17. The van der Waals surface area contributed by atoms with Crippen molar-refractivity contribution in [2.75, 3.05) is 0 Å². The molecule has 56 heavy (non-hydrogen) atoms. The van der Waals surface area contributed by atoms with E-state index in [0.717, 1.165) is 28.0 Å². The molecule has 4 heteroatoms. The fourth-order valence-electron chi connectivity index (χ4n) is 9.96. The van der Waals surface area contributed by atoms with E-state index in [1.807, 2.05) is 18.2 Å². The van der Waals surface area contributed by atoms with Crippen molar-refractivity contribution in [3.05, 3.63) is 186 Å². The first kappa shape index (κ1) is 31.4. The first-order valence-electron chi connectivity index (χ1n) is 19.4. The number of hydrogen-bond acceptors (Lipinski definition) is 4. The first-order valence-corrected chi connectivity index (χ1v) is 19.4. The molecule has 2 heterocycles. The third-order valence-corrected chi connectivity index (χ3v) is 12.4. The Kier molecular flexibility index (Phi) is 6.48. The number of aromatic nitrogens is 3. The van der Waals surface area contributed by atoms with Gasteiger partial charge in [-0.05, 0) is 78.6 Å². The minimum absolute atomic E-state index is 0.0174. The molecule has 264 valence electrons. The number of rotatable bonds is 4. The predicted molar refractivity (Wildman–Crippen MR) is 226 cm³/mol. The third-order valence-electron chi connectivity index (χ3n) is 12.4. The molecule has 8 aromatic rings. The van der Waals surface area contributed by atoms with Crippen molar-refractivity contribution in [2.24, 2.45) is 0 Å². The van der Waals surface area contributed by atoms with Crippen LogP contribution in [0.1, 0.15) is 42.0 Å². The van der Waals surface area contributed by atoms with Crippen molar-refractivity contribution < 1.29 is 4.74 Å². The Balaban J connectivity index is 1.02. The molecule has 3 aliphatic carbocycles. The van der Waals surface area contributed by atoms with Gasteiger partial charge in [-0.3, -0.25) is 0 Å². The van der Waals surface area contributed by atoms with Crippen molar-refractivity contribution >= 4 is 16.3 Å². The molecular weight excluding hydrogens is 683 g/mol. The molecule has 4 nitrogen and oxygen atoms in total. The highest BCUT2D eigenvalue weighted by molar-refractivity contribution is 6.18. The lowest BCUT2D eigenvalue weighted by molar-refractivity contribution is 0.269. The molecule has 4 aliphatic rings. The molecule has 0 radical (unpaired) electrons. The maximum atomic E-state index is 6.69. The molecule has 0 saturated carbocycles. The first-order chi connectivity index (χ1) is 27.5. The summed E-state index contributed by atoms with van der Waals surface area (Å²) < 4.78 is 6.69. The summed E-state index contributed by atoms with van der Waals surface area (Å²) in [5, 5.41) is 2.60. The lowest BCUT2D eigenvalue weighted by Gasteiger charge is -2.24. The van der Waals surface area contributed by atoms with Gasteiger partial charge in [0.25, 0.3) is 0 Å². The van der Waals surface area contributed by atoms with E-state index in [1.54, 1.807) is 0 Å². The van der Waals surface area contributed by atoms with Gasteiger partial charge in [0.15, 0.2) is 17.5 Å². The van der Waals surface area contributed by atoms with Gasteiger partial charge < -0.3 is 4.74 Å². The van der Waals surface area contributed by atoms with E-state index in [0.29, 0.717) is 17.5 Å². The maximum absolute atomic E-state index is 6.69. The van der Waals surface area contributed by atoms with Gasteiger partial charge in [0.2, 0.25) is 0 Å². The average Bonchev–Trinajstić information content (AvgIpc) is 3.87. The van der Waals surface area contributed by atoms with Crippen LogP contribution < -0.4 is 4.74 Å². The van der Waals surface area contributed by atoms with Crippen LogP contribution >= 0.6 is 0 Å². The van der Waals surface area contributed by atoms with Gasteiger partial charge in [0, 0.05) is 33.6 Å². The molecule has 0 saturated heterocycles. The van der Waals surface area contributed by atoms with Crippen LogP contribution in [0.3, 0.4) is 0 Å². The summed E-state index contributed by atoms with van der Waals surface area (Å²) in [6, 6.07) is 51.9. The quantitative estimate of drug-likeness (QED) is 0.182. The topological polar surface area (TPSA) is 47.9 Å². The molecule has 0 bridgehead atoms. The highest BCUT2D eigenvalue weighted by Gasteiger charge is 2.39. The van der Waals surface area contributed by atoms with Crippen LogP contribution in [-0.4, -0.2) is 21.1 Å². The van der Waals surface area contributed by atoms with Gasteiger partial charge in [0.05, 0.1) is 0 Å². The molecule has 0 amide bonds. The molecule has 12 rings (SSSR count). The van der Waals surface area contributed by atoms with Gasteiger partial charge in [-0.1, -0.05) is 166 Å². The molecule has 2 atom stereocenters. The molecule has 7 aromatic carbocycles. The van der Waals surface area contributed by atoms with E-state index >= 15 is 0 Å². The normalized spacial score (nSPS) is 17.4. The zero-order chi connectivity index (χ0) is 37.1. The number of benzene rings is 7. The van der Waals surface area contributed by atoms with Crippen molar-refractivity contribution in [1.82, 2.24) is 15.0 Å². The highest BCUT2D eigenvalue weighted by Crippen LogP contribution is 2.53. The van der Waals surface area contributed by atoms with E-state index < -0.39 is 0 Å². The fourth-order valence-corrected chi connectivity index (χ4v) is 9.96. The Morgan fingerprint density at radius 2 is 1.11 bits per heavy atom. The molecule has 0 fully saturated rings. The van der Waals surface area contributed by atoms with Crippen LogP contribution in [-0.2, 0) is 5.41 Å². The number of hydrogen-bond donors (Lipinski definition) is 0. The van der Waals surface area contributed by atoms with E-state index in [9.17, 15) is 0 Å². The van der Waals surface area contributed by atoms with Crippen LogP contribution in [0.5, 0.6) is 5.75 Å². The van der Waals surface area contributed by atoms with E-state index in [4.69, 9.17) is 19.7 Å². The van der Waals surface area contributed by atoms with Crippen molar-refractivity contribution in [3.8, 4) is 73.3 Å². The summed E-state index contributed by atoms with van der Waals surface area (Å²) in [6.45, 7) is 4.62. The average molecular weight is 718 g/mol. The van der Waals surface area contributed by atoms with E-state index in [1.165, 1.54) is 66.4 Å². The zero-order valence-electron chi connectivity index (χ0n) is 31.0. The summed E-state index contributed by atoms with van der Waals surface area (Å²) >= 11 is 0. The monoisotopic (exact) mass is 717 g/mol. The minimum Gasteiger partial charge on any atom is -0.485 e. The van der Waals surface area contributed by atoms with Gasteiger partial charge in [-0.25, -0.2) is 15.0 Å². The summed E-state index contributed by atoms with van der Waals surface area (Å²) in [7, 11) is 0. The summed E-state index contributed by atoms with van der Waals surface area (Å²) in [4.78, 5) is 15.8. The van der Waals surface area contributed by atoms with E-state index in [-0.39, 0.29) is 17.4 Å². The standard InChI is InChI=1S/C52H35N3O/c1-52(2)43-23-9-8-17-35(43)39-20-11-22-41(48(39)52)51-54-49(30-13-4-3-5-14-30)53-50(55-51)40-21-12-24-45-47(40)42-29-31(25-28-44(42)56-45)32-26-27-38-34-16-7-6-15-33(34)37-19-10-18-36(32)46(37)38/h3-29,42,44H,1-2H3. The third kappa shape index (κ3) is 4.38. The van der Waals surface area contributed by atoms with Crippen molar-refractivity contribution in [1.29, 1.82) is 0 Å². The Labute approximate surface area is 325 Å². The molecule has 1 aromatic heterocycles. The second-order valence-electron chi connectivity index (χ2n) is 15.8. The Morgan fingerprint density at radius 1 is 0.500 bits per heavy atom. The number of allylic oxidation sites excluding steroid dienone is 2. The number of nitrogens with zero attached hydrogens (tertiary/aromatic N) is 3. The minimum atomic E-state index is -0.224. The molecular formula is C52H35N3O. The summed E-state index contributed by atoms with van der Waals surface area (Å²) in [6.07, 6.45) is 6.74. The second kappa shape index (κ2) is 11.5. The van der Waals surface area contributed by atoms with Crippen LogP contribution in [0, 0.1) is 0 Å². The van der Waals surface area contributed by atoms with Gasteiger partial charge in [-0.2, -0.15) is 0 Å². The largest absolute Gasteiger partial charge is 0.485 e. The summed E-state index contributed by atoms with van der Waals surface area (Å²) in [5.41, 5.74) is 16.6. The van der Waals surface area contributed by atoms with Crippen LogP contribution in [0.25, 0.3) is 83.9 Å². The number of fused-ring (bicyclic) bond motifs is 9. The number of ether oxygens (including phenoxy) is 1. The SMILES string of the molecule is CC1(C)c2ccccc2-c2cccc(-c3nc(-c4ccccc4)nc(-c4cccc5c4C4C=C(c6ccc7c8c(cccc68)-c6ccccc6-7)C=CC4O5)n3)c21. The second-order valence-corrected chi connectivity index (χ2v) is 15.8. The van der Waals surface area contributed by atoms with Crippen molar-refractivity contribution in [3.63, 3.8) is 0 Å². The Hall–Kier alpha value is -6.91. The van der Waals surface area contributed by atoms with E-state index in [2.05, 4.69) is 159 Å². The molecule has 0 N–H and O–H groups in total.